The minimum Gasteiger partial charge on any atom is -0.479 e. The molecule has 146 valence electrons. The first-order valence-electron chi connectivity index (χ1n) is 8.65. The highest BCUT2D eigenvalue weighted by Gasteiger charge is 2.26. The van der Waals surface area contributed by atoms with Crippen LogP contribution in [0.3, 0.4) is 0 Å². The maximum absolute atomic E-state index is 12.5. The molecule has 0 aromatic heterocycles. The van der Waals surface area contributed by atoms with Gasteiger partial charge >= 0.3 is 5.97 Å². The van der Waals surface area contributed by atoms with Crippen molar-refractivity contribution in [1.29, 1.82) is 0 Å². The Morgan fingerprint density at radius 1 is 1.15 bits per heavy atom. The van der Waals surface area contributed by atoms with Gasteiger partial charge in [0.15, 0.2) is 6.10 Å². The van der Waals surface area contributed by atoms with Gasteiger partial charge < -0.3 is 14.7 Å². The molecule has 0 aliphatic heterocycles. The van der Waals surface area contributed by atoms with Crippen molar-refractivity contribution in [2.75, 3.05) is 11.4 Å². The molecule has 0 fully saturated rings. The van der Waals surface area contributed by atoms with Crippen molar-refractivity contribution in [1.82, 2.24) is 0 Å². The van der Waals surface area contributed by atoms with Crippen molar-refractivity contribution in [2.24, 2.45) is 0 Å². The fraction of sp³-hybridized carbons (Fsp3) is 0.556. The smallest absolute Gasteiger partial charge is 0.344 e. The van der Waals surface area contributed by atoms with Crippen LogP contribution in [0.4, 0.5) is 5.69 Å². The quantitative estimate of drug-likeness (QED) is 0.320. The molecule has 1 rings (SSSR count). The Hall–Kier alpha value is 0.150. The number of benzene rings is 1. The first-order valence-corrected chi connectivity index (χ1v) is 11.9. The number of unbranched alkanes of at least 4 members (excludes halogenated alkanes) is 1. The number of halogens is 3. The molecule has 5 nitrogen and oxygen atoms in total. The van der Waals surface area contributed by atoms with Crippen molar-refractivity contribution in [2.45, 2.75) is 59.0 Å². The summed E-state index contributed by atoms with van der Waals surface area (Å²) in [6, 6.07) is 1.94. The summed E-state index contributed by atoms with van der Waals surface area (Å²) in [5.41, 5.74) is 0.808. The number of carboxylic acid groups (broad SMARTS) is 1. The average molecular weight is 699 g/mol. The molecule has 0 saturated carbocycles. The first-order chi connectivity index (χ1) is 12.3. The Bertz CT molecular complexity index is 652. The first kappa shape index (κ1) is 24.2. The number of amides is 1. The van der Waals surface area contributed by atoms with Gasteiger partial charge in [0.1, 0.15) is 5.75 Å². The molecule has 1 amide bonds. The van der Waals surface area contributed by atoms with Crippen LogP contribution in [0.2, 0.25) is 0 Å². The number of aliphatic carboxylic acids is 1. The fourth-order valence-corrected chi connectivity index (χ4v) is 6.70. The summed E-state index contributed by atoms with van der Waals surface area (Å²) < 4.78 is 8.50. The van der Waals surface area contributed by atoms with Crippen molar-refractivity contribution in [3.05, 3.63) is 16.8 Å². The standard InChI is InChI=1S/C18H24I3NO4/c1-4-7-9-13(18(24)25)26-17-12(20)10-11(19)16(15(17)21)22(6-3)14(23)8-5-2/h10,13H,4-9H2,1-3H3,(H,24,25). The van der Waals surface area contributed by atoms with Gasteiger partial charge in [0, 0.05) is 16.5 Å². The zero-order valence-corrected chi connectivity index (χ0v) is 21.6. The predicted molar refractivity (Wildman–Crippen MR) is 129 cm³/mol. The van der Waals surface area contributed by atoms with E-state index in [4.69, 9.17) is 4.74 Å². The molecule has 0 aliphatic carbocycles. The van der Waals surface area contributed by atoms with E-state index >= 15 is 0 Å². The van der Waals surface area contributed by atoms with Gasteiger partial charge in [-0.1, -0.05) is 20.3 Å². The Morgan fingerprint density at radius 3 is 2.31 bits per heavy atom. The van der Waals surface area contributed by atoms with E-state index in [0.29, 0.717) is 25.1 Å². The second-order valence-electron chi connectivity index (χ2n) is 5.81. The highest BCUT2D eigenvalue weighted by Crippen LogP contribution is 2.40. The Balaban J connectivity index is 3.33. The van der Waals surface area contributed by atoms with Gasteiger partial charge in [-0.05, 0) is 100 Å². The number of anilines is 1. The lowest BCUT2D eigenvalue weighted by molar-refractivity contribution is -0.145. The van der Waals surface area contributed by atoms with Crippen LogP contribution in [0.1, 0.15) is 52.9 Å². The molecule has 1 N–H and O–H groups in total. The van der Waals surface area contributed by atoms with Gasteiger partial charge in [-0.2, -0.15) is 0 Å². The molecule has 0 spiro atoms. The van der Waals surface area contributed by atoms with Crippen LogP contribution in [0, 0.1) is 10.7 Å². The molecule has 26 heavy (non-hydrogen) atoms. The Morgan fingerprint density at radius 2 is 1.81 bits per heavy atom. The van der Waals surface area contributed by atoms with E-state index < -0.39 is 12.1 Å². The lowest BCUT2D eigenvalue weighted by atomic mass is 10.1. The van der Waals surface area contributed by atoms with Crippen LogP contribution in [-0.4, -0.2) is 29.6 Å². The number of carbonyl (C=O) groups is 2. The molecule has 0 saturated heterocycles. The van der Waals surface area contributed by atoms with Gasteiger partial charge in [-0.25, -0.2) is 4.79 Å². The molecule has 1 atom stereocenters. The summed E-state index contributed by atoms with van der Waals surface area (Å²) in [6.07, 6.45) is 2.55. The van der Waals surface area contributed by atoms with Crippen molar-refractivity contribution >= 4 is 85.3 Å². The summed E-state index contributed by atoms with van der Waals surface area (Å²) in [5.74, 6) is -0.341. The van der Waals surface area contributed by atoms with Gasteiger partial charge in [0.2, 0.25) is 5.91 Å². The van der Waals surface area contributed by atoms with E-state index in [1.165, 1.54) is 0 Å². The summed E-state index contributed by atoms with van der Waals surface area (Å²) in [5, 5.41) is 9.48. The van der Waals surface area contributed by atoms with Gasteiger partial charge in [-0.15, -0.1) is 0 Å². The largest absolute Gasteiger partial charge is 0.479 e. The van der Waals surface area contributed by atoms with Crippen LogP contribution in [0.5, 0.6) is 5.75 Å². The van der Waals surface area contributed by atoms with Crippen molar-refractivity contribution in [3.63, 3.8) is 0 Å². The predicted octanol–water partition coefficient (Wildman–Crippen LogP) is 5.68. The van der Waals surface area contributed by atoms with Crippen LogP contribution in [-0.2, 0) is 9.59 Å². The fourth-order valence-electron chi connectivity index (χ4n) is 2.49. The van der Waals surface area contributed by atoms with E-state index in [1.54, 1.807) is 4.90 Å². The lowest BCUT2D eigenvalue weighted by Gasteiger charge is -2.26. The number of ether oxygens (including phenoxy) is 1. The third kappa shape index (κ3) is 6.35. The molecule has 1 aromatic carbocycles. The molecule has 0 radical (unpaired) electrons. The Kier molecular flexibility index (Phi) is 11.0. The summed E-state index contributed by atoms with van der Waals surface area (Å²) in [4.78, 5) is 25.9. The average Bonchev–Trinajstić information content (AvgIpc) is 2.57. The third-order valence-corrected chi connectivity index (χ3v) is 6.43. The molecule has 8 heteroatoms. The number of carbonyl (C=O) groups excluding carboxylic acids is 1. The molecule has 0 heterocycles. The highest BCUT2D eigenvalue weighted by atomic mass is 127. The zero-order chi connectivity index (χ0) is 19.9. The zero-order valence-electron chi connectivity index (χ0n) is 15.2. The molecular weight excluding hydrogens is 675 g/mol. The van der Waals surface area contributed by atoms with E-state index in [0.717, 1.165) is 35.7 Å². The van der Waals surface area contributed by atoms with Crippen LogP contribution in [0.25, 0.3) is 0 Å². The van der Waals surface area contributed by atoms with Gasteiger partial charge in [0.25, 0.3) is 0 Å². The van der Waals surface area contributed by atoms with Crippen LogP contribution in [0.15, 0.2) is 6.07 Å². The maximum Gasteiger partial charge on any atom is 0.344 e. The van der Waals surface area contributed by atoms with Crippen molar-refractivity contribution < 1.29 is 19.4 Å². The number of hydrogen-bond acceptors (Lipinski definition) is 3. The summed E-state index contributed by atoms with van der Waals surface area (Å²) in [6.45, 7) is 6.51. The Labute approximate surface area is 196 Å². The lowest BCUT2D eigenvalue weighted by Crippen LogP contribution is -2.32. The summed E-state index contributed by atoms with van der Waals surface area (Å²) in [7, 11) is 0. The monoisotopic (exact) mass is 699 g/mol. The maximum atomic E-state index is 12.5. The highest BCUT2D eigenvalue weighted by molar-refractivity contribution is 14.1. The minimum absolute atomic E-state index is 0.0683. The van der Waals surface area contributed by atoms with E-state index in [2.05, 4.69) is 67.8 Å². The normalized spacial score (nSPS) is 11.9. The number of carboxylic acids is 1. The second kappa shape index (κ2) is 11.9. The number of nitrogens with zero attached hydrogens (tertiary/aromatic N) is 1. The van der Waals surface area contributed by atoms with Gasteiger partial charge in [-0.3, -0.25) is 4.79 Å². The summed E-state index contributed by atoms with van der Waals surface area (Å²) >= 11 is 6.55. The van der Waals surface area contributed by atoms with E-state index in [9.17, 15) is 14.7 Å². The molecule has 1 unspecified atom stereocenters. The molecular formula is C18H24I3NO4. The van der Waals surface area contributed by atoms with Crippen LogP contribution < -0.4 is 9.64 Å². The van der Waals surface area contributed by atoms with Crippen LogP contribution >= 0.6 is 67.8 Å². The molecule has 0 aliphatic rings. The number of hydrogen-bond donors (Lipinski definition) is 1. The van der Waals surface area contributed by atoms with E-state index in [1.807, 2.05) is 26.8 Å². The van der Waals surface area contributed by atoms with Crippen molar-refractivity contribution in [3.8, 4) is 5.75 Å². The SMILES string of the molecule is CCCCC(Oc1c(I)cc(I)c(N(CC)C(=O)CCC)c1I)C(=O)O. The topological polar surface area (TPSA) is 66.8 Å². The molecule has 1 aromatic rings. The van der Waals surface area contributed by atoms with E-state index in [-0.39, 0.29) is 5.91 Å². The number of rotatable bonds is 10. The minimum atomic E-state index is -0.959. The molecule has 0 bridgehead atoms. The second-order valence-corrected chi connectivity index (χ2v) is 9.21. The van der Waals surface area contributed by atoms with Gasteiger partial charge in [0.05, 0.1) is 12.8 Å². The third-order valence-electron chi connectivity index (χ3n) is 3.81.